The number of hydrogen-bond donors (Lipinski definition) is 1. The Kier molecular flexibility index (Phi) is 6.13. The zero-order chi connectivity index (χ0) is 15.4. The normalized spacial score (nSPS) is 26.3. The predicted octanol–water partition coefficient (Wildman–Crippen LogP) is 5.41. The van der Waals surface area contributed by atoms with E-state index >= 15 is 0 Å². The lowest BCUT2D eigenvalue weighted by Gasteiger charge is -2.36. The quantitative estimate of drug-likeness (QED) is 0.766. The van der Waals surface area contributed by atoms with Gasteiger partial charge in [0, 0.05) is 5.02 Å². The Hall–Kier alpha value is -0.530. The van der Waals surface area contributed by atoms with Crippen LogP contribution in [0.5, 0.6) is 0 Å². The molecule has 21 heavy (non-hydrogen) atoms. The maximum atomic E-state index is 6.35. The summed E-state index contributed by atoms with van der Waals surface area (Å²) in [5.74, 6) is 2.96. The van der Waals surface area contributed by atoms with E-state index < -0.39 is 0 Å². The molecular formula is C19H30ClN. The third kappa shape index (κ3) is 4.72. The van der Waals surface area contributed by atoms with Crippen molar-refractivity contribution < 1.29 is 0 Å². The van der Waals surface area contributed by atoms with Gasteiger partial charge in [-0.2, -0.15) is 0 Å². The number of benzene rings is 1. The second-order valence-electron chi connectivity index (χ2n) is 7.35. The Morgan fingerprint density at radius 2 is 2.05 bits per heavy atom. The van der Waals surface area contributed by atoms with Crippen LogP contribution in [-0.4, -0.2) is 13.1 Å². The molecule has 1 fully saturated rings. The first kappa shape index (κ1) is 16.8. The molecule has 1 aromatic rings. The molecule has 0 aromatic heterocycles. The Bertz CT molecular complexity index is 455. The highest BCUT2D eigenvalue weighted by Gasteiger charge is 2.29. The van der Waals surface area contributed by atoms with Crippen LogP contribution in [0.2, 0.25) is 5.02 Å². The molecule has 1 N–H and O–H groups in total. The fourth-order valence-corrected chi connectivity index (χ4v) is 3.68. The molecule has 0 saturated heterocycles. The van der Waals surface area contributed by atoms with E-state index in [9.17, 15) is 0 Å². The second kappa shape index (κ2) is 7.65. The van der Waals surface area contributed by atoms with Crippen LogP contribution >= 0.6 is 11.6 Å². The van der Waals surface area contributed by atoms with Crippen LogP contribution in [0.4, 0.5) is 0 Å². The third-order valence-electron chi connectivity index (χ3n) is 4.84. The molecule has 1 aromatic carbocycles. The first-order chi connectivity index (χ1) is 9.97. The summed E-state index contributed by atoms with van der Waals surface area (Å²) in [5.41, 5.74) is 2.62. The van der Waals surface area contributed by atoms with Crippen molar-refractivity contribution >= 4 is 11.6 Å². The van der Waals surface area contributed by atoms with Crippen LogP contribution in [0.1, 0.15) is 57.1 Å². The number of nitrogens with one attached hydrogen (secondary N) is 1. The second-order valence-corrected chi connectivity index (χ2v) is 7.75. The molecular weight excluding hydrogens is 278 g/mol. The monoisotopic (exact) mass is 307 g/mol. The van der Waals surface area contributed by atoms with Crippen molar-refractivity contribution in [2.24, 2.45) is 17.8 Å². The lowest BCUT2D eigenvalue weighted by atomic mass is 9.71. The molecule has 0 amide bonds. The number of halogens is 1. The molecule has 1 aliphatic rings. The molecule has 0 aliphatic heterocycles. The minimum Gasteiger partial charge on any atom is -0.316 e. The number of aryl methyl sites for hydroxylation is 1. The van der Waals surface area contributed by atoms with Gasteiger partial charge in [-0.3, -0.25) is 0 Å². The Morgan fingerprint density at radius 1 is 1.29 bits per heavy atom. The average molecular weight is 308 g/mol. The summed E-state index contributed by atoms with van der Waals surface area (Å²) in [7, 11) is 0. The van der Waals surface area contributed by atoms with Gasteiger partial charge in [0.2, 0.25) is 0 Å². The van der Waals surface area contributed by atoms with Gasteiger partial charge in [0.05, 0.1) is 0 Å². The summed E-state index contributed by atoms with van der Waals surface area (Å²) in [6.07, 6.45) is 4.00. The van der Waals surface area contributed by atoms with Gasteiger partial charge < -0.3 is 5.32 Å². The average Bonchev–Trinajstić information content (AvgIpc) is 2.43. The van der Waals surface area contributed by atoms with E-state index in [1.54, 1.807) is 0 Å². The molecule has 2 heteroatoms. The molecule has 0 spiro atoms. The van der Waals surface area contributed by atoms with Crippen molar-refractivity contribution in [3.8, 4) is 0 Å². The lowest BCUT2D eigenvalue weighted by molar-refractivity contribution is 0.240. The minimum atomic E-state index is 0.659. The van der Waals surface area contributed by atoms with Crippen molar-refractivity contribution in [3.05, 3.63) is 34.3 Å². The Labute approximate surface area is 135 Å². The van der Waals surface area contributed by atoms with Gasteiger partial charge in [-0.1, -0.05) is 50.9 Å². The zero-order valence-corrected chi connectivity index (χ0v) is 14.7. The van der Waals surface area contributed by atoms with Gasteiger partial charge in [0.15, 0.2) is 0 Å². The van der Waals surface area contributed by atoms with E-state index in [0.717, 1.165) is 35.9 Å². The highest BCUT2D eigenvalue weighted by molar-refractivity contribution is 6.31. The first-order valence-electron chi connectivity index (χ1n) is 8.44. The van der Waals surface area contributed by atoms with E-state index in [4.69, 9.17) is 11.6 Å². The smallest absolute Gasteiger partial charge is 0.0438 e. The van der Waals surface area contributed by atoms with Crippen LogP contribution in [0.15, 0.2) is 18.2 Å². The van der Waals surface area contributed by atoms with Crippen LogP contribution in [0.3, 0.4) is 0 Å². The summed E-state index contributed by atoms with van der Waals surface area (Å²) in [6.45, 7) is 11.3. The fourth-order valence-electron chi connectivity index (χ4n) is 3.49. The van der Waals surface area contributed by atoms with Crippen molar-refractivity contribution in [1.29, 1.82) is 0 Å². The summed E-state index contributed by atoms with van der Waals surface area (Å²) in [6, 6.07) is 6.67. The van der Waals surface area contributed by atoms with Gasteiger partial charge in [-0.05, 0) is 73.7 Å². The SMILES string of the molecule is Cc1ccc(C2CC(C)CCC2CNCC(C)C)cc1Cl. The topological polar surface area (TPSA) is 12.0 Å². The lowest BCUT2D eigenvalue weighted by Crippen LogP contribution is -2.33. The molecule has 3 unspecified atom stereocenters. The largest absolute Gasteiger partial charge is 0.316 e. The van der Waals surface area contributed by atoms with Crippen molar-refractivity contribution in [3.63, 3.8) is 0 Å². The standard InChI is InChI=1S/C19H30ClN/c1-13(2)11-21-12-17-7-5-14(3)9-18(17)16-8-6-15(4)19(20)10-16/h6,8,10,13-14,17-18,21H,5,7,9,11-12H2,1-4H3. The Morgan fingerprint density at radius 3 is 2.71 bits per heavy atom. The van der Waals surface area contributed by atoms with Crippen LogP contribution in [0, 0.1) is 24.7 Å². The molecule has 0 radical (unpaired) electrons. The number of hydrogen-bond acceptors (Lipinski definition) is 1. The van der Waals surface area contributed by atoms with E-state index in [1.165, 1.54) is 30.4 Å². The van der Waals surface area contributed by atoms with Gasteiger partial charge in [0.25, 0.3) is 0 Å². The number of rotatable bonds is 5. The summed E-state index contributed by atoms with van der Waals surface area (Å²) >= 11 is 6.35. The molecule has 0 bridgehead atoms. The fraction of sp³-hybridized carbons (Fsp3) is 0.684. The first-order valence-corrected chi connectivity index (χ1v) is 8.82. The molecule has 1 nitrogen and oxygen atoms in total. The van der Waals surface area contributed by atoms with Gasteiger partial charge in [-0.15, -0.1) is 0 Å². The molecule has 1 aliphatic carbocycles. The third-order valence-corrected chi connectivity index (χ3v) is 5.25. The molecule has 1 saturated carbocycles. The van der Waals surface area contributed by atoms with E-state index in [2.05, 4.69) is 51.2 Å². The van der Waals surface area contributed by atoms with Crippen molar-refractivity contribution in [2.45, 2.75) is 52.9 Å². The highest BCUT2D eigenvalue weighted by atomic mass is 35.5. The maximum absolute atomic E-state index is 6.35. The zero-order valence-electron chi connectivity index (χ0n) is 14.0. The maximum Gasteiger partial charge on any atom is 0.0438 e. The highest BCUT2D eigenvalue weighted by Crippen LogP contribution is 2.41. The van der Waals surface area contributed by atoms with Gasteiger partial charge in [0.1, 0.15) is 0 Å². The van der Waals surface area contributed by atoms with Crippen LogP contribution in [-0.2, 0) is 0 Å². The van der Waals surface area contributed by atoms with Crippen LogP contribution in [0.25, 0.3) is 0 Å². The van der Waals surface area contributed by atoms with Gasteiger partial charge in [-0.25, -0.2) is 0 Å². The van der Waals surface area contributed by atoms with Crippen molar-refractivity contribution in [2.75, 3.05) is 13.1 Å². The van der Waals surface area contributed by atoms with E-state index in [1.807, 2.05) is 0 Å². The molecule has 2 rings (SSSR count). The van der Waals surface area contributed by atoms with E-state index in [-0.39, 0.29) is 0 Å². The van der Waals surface area contributed by atoms with Crippen molar-refractivity contribution in [1.82, 2.24) is 5.32 Å². The molecule has 3 atom stereocenters. The van der Waals surface area contributed by atoms with Gasteiger partial charge >= 0.3 is 0 Å². The predicted molar refractivity (Wildman–Crippen MR) is 93.1 cm³/mol. The van der Waals surface area contributed by atoms with E-state index in [0.29, 0.717) is 5.92 Å². The Balaban J connectivity index is 2.08. The molecule has 0 heterocycles. The summed E-state index contributed by atoms with van der Waals surface area (Å²) in [5, 5.41) is 4.58. The molecule has 118 valence electrons. The minimum absolute atomic E-state index is 0.659. The summed E-state index contributed by atoms with van der Waals surface area (Å²) in [4.78, 5) is 0. The summed E-state index contributed by atoms with van der Waals surface area (Å²) < 4.78 is 0. The van der Waals surface area contributed by atoms with Crippen LogP contribution < -0.4 is 5.32 Å².